The molecule has 3 nitrogen and oxygen atoms in total. The van der Waals surface area contributed by atoms with Crippen molar-refractivity contribution in [2.75, 3.05) is 6.54 Å². The van der Waals surface area contributed by atoms with Crippen LogP contribution in [0.3, 0.4) is 0 Å². The first-order valence-corrected chi connectivity index (χ1v) is 8.04. The van der Waals surface area contributed by atoms with E-state index in [0.717, 1.165) is 25.1 Å². The lowest BCUT2D eigenvalue weighted by atomic mass is 9.84. The standard InChI is InChI=1S/C15H28BrN3/c1-7-9-17-13(15(3,4)5)10-12-14(16)11(8-2)18-19(12)6/h13,17H,7-10H2,1-6H3. The van der Waals surface area contributed by atoms with Gasteiger partial charge in [0, 0.05) is 19.5 Å². The smallest absolute Gasteiger partial charge is 0.0766 e. The van der Waals surface area contributed by atoms with Gasteiger partial charge in [0.15, 0.2) is 0 Å². The minimum Gasteiger partial charge on any atom is -0.313 e. The van der Waals surface area contributed by atoms with Crippen LogP contribution >= 0.6 is 15.9 Å². The Hall–Kier alpha value is -0.350. The van der Waals surface area contributed by atoms with Gasteiger partial charge in [-0.15, -0.1) is 0 Å². The van der Waals surface area contributed by atoms with Crippen molar-refractivity contribution >= 4 is 15.9 Å². The Morgan fingerprint density at radius 1 is 1.32 bits per heavy atom. The van der Waals surface area contributed by atoms with E-state index in [2.05, 4.69) is 61.0 Å². The summed E-state index contributed by atoms with van der Waals surface area (Å²) >= 11 is 3.71. The van der Waals surface area contributed by atoms with Gasteiger partial charge in [-0.3, -0.25) is 4.68 Å². The molecule has 1 aromatic heterocycles. The number of nitrogens with one attached hydrogen (secondary N) is 1. The average Bonchev–Trinajstić information content (AvgIpc) is 2.59. The second kappa shape index (κ2) is 6.89. The normalized spacial score (nSPS) is 13.8. The molecule has 0 spiro atoms. The maximum Gasteiger partial charge on any atom is 0.0766 e. The molecule has 0 saturated carbocycles. The van der Waals surface area contributed by atoms with Crippen molar-refractivity contribution in [3.8, 4) is 0 Å². The molecule has 1 aromatic rings. The van der Waals surface area contributed by atoms with E-state index < -0.39 is 0 Å². The first-order chi connectivity index (χ1) is 8.81. The van der Waals surface area contributed by atoms with Crippen molar-refractivity contribution in [2.24, 2.45) is 12.5 Å². The quantitative estimate of drug-likeness (QED) is 0.862. The number of halogens is 1. The zero-order valence-corrected chi connectivity index (χ0v) is 14.8. The minimum absolute atomic E-state index is 0.241. The fourth-order valence-corrected chi connectivity index (χ4v) is 3.02. The predicted octanol–water partition coefficient (Wildman–Crippen LogP) is 3.70. The zero-order chi connectivity index (χ0) is 14.6. The summed E-state index contributed by atoms with van der Waals surface area (Å²) in [5.41, 5.74) is 2.69. The van der Waals surface area contributed by atoms with Gasteiger partial charge in [0.05, 0.1) is 15.9 Å². The van der Waals surface area contributed by atoms with Crippen LogP contribution in [0.1, 0.15) is 52.4 Å². The summed E-state index contributed by atoms with van der Waals surface area (Å²) in [7, 11) is 2.04. The molecule has 0 aliphatic carbocycles. The van der Waals surface area contributed by atoms with Gasteiger partial charge in [-0.05, 0) is 40.7 Å². The van der Waals surface area contributed by atoms with Crippen LogP contribution in [0, 0.1) is 5.41 Å². The molecule has 1 heterocycles. The Morgan fingerprint density at radius 3 is 2.37 bits per heavy atom. The number of hydrogen-bond acceptors (Lipinski definition) is 2. The van der Waals surface area contributed by atoms with E-state index in [9.17, 15) is 0 Å². The predicted molar refractivity (Wildman–Crippen MR) is 85.5 cm³/mol. The Balaban J connectivity index is 2.93. The van der Waals surface area contributed by atoms with Crippen LogP contribution in [-0.2, 0) is 19.9 Å². The molecular weight excluding hydrogens is 302 g/mol. The number of rotatable bonds is 6. The summed E-state index contributed by atoms with van der Waals surface area (Å²) in [5.74, 6) is 0. The van der Waals surface area contributed by atoms with E-state index in [1.54, 1.807) is 0 Å². The second-order valence-electron chi connectivity index (χ2n) is 6.26. The molecule has 1 unspecified atom stereocenters. The van der Waals surface area contributed by atoms with Gasteiger partial charge in [0.25, 0.3) is 0 Å². The van der Waals surface area contributed by atoms with Gasteiger partial charge >= 0.3 is 0 Å². The van der Waals surface area contributed by atoms with Crippen molar-refractivity contribution in [2.45, 2.75) is 59.9 Å². The van der Waals surface area contributed by atoms with Crippen LogP contribution < -0.4 is 5.32 Å². The molecule has 0 aliphatic rings. The monoisotopic (exact) mass is 329 g/mol. The Bertz CT molecular complexity index is 404. The molecule has 0 radical (unpaired) electrons. The summed E-state index contributed by atoms with van der Waals surface area (Å²) < 4.78 is 3.21. The third kappa shape index (κ3) is 4.32. The lowest BCUT2D eigenvalue weighted by Crippen LogP contribution is -2.42. The van der Waals surface area contributed by atoms with E-state index in [1.807, 2.05) is 11.7 Å². The van der Waals surface area contributed by atoms with E-state index in [1.165, 1.54) is 16.6 Å². The van der Waals surface area contributed by atoms with E-state index in [-0.39, 0.29) is 5.41 Å². The van der Waals surface area contributed by atoms with E-state index >= 15 is 0 Å². The van der Waals surface area contributed by atoms with Crippen molar-refractivity contribution in [3.05, 3.63) is 15.9 Å². The average molecular weight is 330 g/mol. The molecule has 0 fully saturated rings. The van der Waals surface area contributed by atoms with Crippen molar-refractivity contribution in [1.29, 1.82) is 0 Å². The van der Waals surface area contributed by atoms with E-state index in [0.29, 0.717) is 6.04 Å². The number of hydrogen-bond donors (Lipinski definition) is 1. The van der Waals surface area contributed by atoms with Crippen molar-refractivity contribution in [3.63, 3.8) is 0 Å². The Morgan fingerprint density at radius 2 is 1.95 bits per heavy atom. The van der Waals surface area contributed by atoms with Gasteiger partial charge in [0.2, 0.25) is 0 Å². The lowest BCUT2D eigenvalue weighted by molar-refractivity contribution is 0.263. The molecular formula is C15H28BrN3. The van der Waals surface area contributed by atoms with Gasteiger partial charge in [0.1, 0.15) is 0 Å². The second-order valence-corrected chi connectivity index (χ2v) is 7.05. The van der Waals surface area contributed by atoms with Crippen LogP contribution in [0.2, 0.25) is 0 Å². The fraction of sp³-hybridized carbons (Fsp3) is 0.800. The molecule has 4 heteroatoms. The molecule has 0 amide bonds. The summed E-state index contributed by atoms with van der Waals surface area (Å²) in [6.07, 6.45) is 3.14. The Kier molecular flexibility index (Phi) is 6.06. The SMILES string of the molecule is CCCNC(Cc1c(Br)c(CC)nn1C)C(C)(C)C. The highest BCUT2D eigenvalue weighted by Gasteiger charge is 2.26. The van der Waals surface area contributed by atoms with Gasteiger partial charge in [-0.1, -0.05) is 34.6 Å². The maximum absolute atomic E-state index is 4.59. The molecule has 110 valence electrons. The number of nitrogens with zero attached hydrogens (tertiary/aromatic N) is 2. The highest BCUT2D eigenvalue weighted by Crippen LogP contribution is 2.28. The largest absolute Gasteiger partial charge is 0.313 e. The molecule has 1 rings (SSSR count). The van der Waals surface area contributed by atoms with Gasteiger partial charge in [-0.2, -0.15) is 5.10 Å². The molecule has 0 aliphatic heterocycles. The first kappa shape index (κ1) is 16.7. The summed E-state index contributed by atoms with van der Waals surface area (Å²) in [5, 5.41) is 8.26. The van der Waals surface area contributed by atoms with Gasteiger partial charge < -0.3 is 5.32 Å². The van der Waals surface area contributed by atoms with Crippen LogP contribution in [0.5, 0.6) is 0 Å². The Labute approximate surface area is 126 Å². The maximum atomic E-state index is 4.59. The molecule has 0 bridgehead atoms. The van der Waals surface area contributed by atoms with E-state index in [4.69, 9.17) is 0 Å². The van der Waals surface area contributed by atoms with Crippen LogP contribution in [0.15, 0.2) is 4.47 Å². The highest BCUT2D eigenvalue weighted by atomic mass is 79.9. The van der Waals surface area contributed by atoms with Crippen LogP contribution in [-0.4, -0.2) is 22.4 Å². The molecule has 19 heavy (non-hydrogen) atoms. The lowest BCUT2D eigenvalue weighted by Gasteiger charge is -2.32. The minimum atomic E-state index is 0.241. The van der Waals surface area contributed by atoms with Crippen LogP contribution in [0.25, 0.3) is 0 Å². The summed E-state index contributed by atoms with van der Waals surface area (Å²) in [4.78, 5) is 0. The van der Waals surface area contributed by atoms with Gasteiger partial charge in [-0.25, -0.2) is 0 Å². The summed E-state index contributed by atoms with van der Waals surface area (Å²) in [6, 6.07) is 0.462. The number of aryl methyl sites for hydroxylation is 2. The van der Waals surface area contributed by atoms with Crippen LogP contribution in [0.4, 0.5) is 0 Å². The van der Waals surface area contributed by atoms with Crippen molar-refractivity contribution < 1.29 is 0 Å². The van der Waals surface area contributed by atoms with Crippen molar-refractivity contribution in [1.82, 2.24) is 15.1 Å². The zero-order valence-electron chi connectivity index (χ0n) is 13.2. The molecule has 0 saturated heterocycles. The molecule has 1 N–H and O–H groups in total. The highest BCUT2D eigenvalue weighted by molar-refractivity contribution is 9.10. The summed E-state index contributed by atoms with van der Waals surface area (Å²) in [6.45, 7) is 12.3. The number of aromatic nitrogens is 2. The fourth-order valence-electron chi connectivity index (χ4n) is 2.24. The first-order valence-electron chi connectivity index (χ1n) is 7.24. The topological polar surface area (TPSA) is 29.9 Å². The third-order valence-electron chi connectivity index (χ3n) is 3.59. The molecule has 1 atom stereocenters. The third-order valence-corrected chi connectivity index (χ3v) is 4.50. The molecule has 0 aromatic carbocycles.